The molecule has 8 nitrogen and oxygen atoms in total. The van der Waals surface area contributed by atoms with Gasteiger partial charge in [-0.3, -0.25) is 9.78 Å². The van der Waals surface area contributed by atoms with Crippen LogP contribution in [0, 0.1) is 5.92 Å². The molecule has 1 aromatic carbocycles. The van der Waals surface area contributed by atoms with Crippen LogP contribution in [0.1, 0.15) is 12.8 Å². The van der Waals surface area contributed by atoms with Crippen molar-refractivity contribution in [2.75, 3.05) is 33.4 Å². The van der Waals surface area contributed by atoms with Crippen LogP contribution in [-0.4, -0.2) is 57.1 Å². The van der Waals surface area contributed by atoms with Crippen molar-refractivity contribution in [1.82, 2.24) is 9.29 Å². The van der Waals surface area contributed by atoms with Crippen molar-refractivity contribution < 1.29 is 27.4 Å². The first-order chi connectivity index (χ1) is 14.0. The second-order valence-electron chi connectivity index (χ2n) is 6.56. The highest BCUT2D eigenvalue weighted by atomic mass is 32.2. The number of methoxy groups -OCH3 is 1. The molecule has 156 valence electrons. The van der Waals surface area contributed by atoms with Gasteiger partial charge in [0.15, 0.2) is 0 Å². The molecule has 1 aromatic heterocycles. The average Bonchev–Trinajstić information content (AvgIpc) is 2.77. The largest absolute Gasteiger partial charge is 0.497 e. The zero-order valence-corrected chi connectivity index (χ0v) is 17.0. The third-order valence-electron chi connectivity index (χ3n) is 4.72. The van der Waals surface area contributed by atoms with Crippen molar-refractivity contribution in [2.24, 2.45) is 5.92 Å². The number of hydrogen-bond donors (Lipinski definition) is 0. The molecule has 0 amide bonds. The highest BCUT2D eigenvalue weighted by Crippen LogP contribution is 2.24. The van der Waals surface area contributed by atoms with E-state index in [1.807, 2.05) is 0 Å². The number of hydrogen-bond acceptors (Lipinski definition) is 7. The van der Waals surface area contributed by atoms with Crippen molar-refractivity contribution >= 4 is 16.0 Å². The maximum atomic E-state index is 12.6. The molecular weight excluding hydrogens is 396 g/mol. The van der Waals surface area contributed by atoms with Crippen LogP contribution >= 0.6 is 0 Å². The van der Waals surface area contributed by atoms with Gasteiger partial charge in [0, 0.05) is 25.5 Å². The summed E-state index contributed by atoms with van der Waals surface area (Å²) in [6.07, 6.45) is 3.72. The summed E-state index contributed by atoms with van der Waals surface area (Å²) >= 11 is 0. The van der Waals surface area contributed by atoms with Crippen molar-refractivity contribution in [3.8, 4) is 11.5 Å². The van der Waals surface area contributed by atoms with Crippen LogP contribution in [-0.2, 0) is 19.6 Å². The average molecular weight is 420 g/mol. The van der Waals surface area contributed by atoms with Crippen LogP contribution in [0.5, 0.6) is 11.5 Å². The normalized spacial score (nSPS) is 15.6. The summed E-state index contributed by atoms with van der Waals surface area (Å²) in [7, 11) is -1.99. The number of esters is 1. The summed E-state index contributed by atoms with van der Waals surface area (Å²) in [5.74, 6) is 0.773. The zero-order chi connectivity index (χ0) is 20.7. The maximum Gasteiger partial charge on any atom is 0.309 e. The van der Waals surface area contributed by atoms with Gasteiger partial charge in [0.25, 0.3) is 0 Å². The van der Waals surface area contributed by atoms with Crippen molar-refractivity contribution in [3.63, 3.8) is 0 Å². The van der Waals surface area contributed by atoms with Gasteiger partial charge in [-0.1, -0.05) is 0 Å². The minimum atomic E-state index is -3.58. The highest BCUT2D eigenvalue weighted by molar-refractivity contribution is 7.89. The molecular formula is C20H24N2O6S. The second-order valence-corrected chi connectivity index (χ2v) is 8.50. The summed E-state index contributed by atoms with van der Waals surface area (Å²) < 4.78 is 42.5. The molecule has 1 fully saturated rings. The van der Waals surface area contributed by atoms with Gasteiger partial charge in [-0.25, -0.2) is 8.42 Å². The fourth-order valence-electron chi connectivity index (χ4n) is 3.07. The summed E-state index contributed by atoms with van der Waals surface area (Å²) in [6, 6.07) is 10.2. The number of piperidine rings is 1. The Kier molecular flexibility index (Phi) is 7.05. The molecule has 1 aliphatic rings. The Bertz CT molecular complexity index is 894. The van der Waals surface area contributed by atoms with Crippen LogP contribution in [0.3, 0.4) is 0 Å². The van der Waals surface area contributed by atoms with Crippen LogP contribution in [0.2, 0.25) is 0 Å². The molecule has 0 radical (unpaired) electrons. The van der Waals surface area contributed by atoms with E-state index < -0.39 is 10.0 Å². The summed E-state index contributed by atoms with van der Waals surface area (Å²) in [4.78, 5) is 16.3. The fourth-order valence-corrected chi connectivity index (χ4v) is 4.51. The van der Waals surface area contributed by atoms with Crippen molar-refractivity contribution in [1.29, 1.82) is 0 Å². The van der Waals surface area contributed by atoms with Gasteiger partial charge < -0.3 is 14.2 Å². The number of ether oxygens (including phenoxy) is 3. The zero-order valence-electron chi connectivity index (χ0n) is 16.2. The van der Waals surface area contributed by atoms with Gasteiger partial charge in [0.05, 0.1) is 13.0 Å². The van der Waals surface area contributed by atoms with Gasteiger partial charge in [-0.05, 0) is 49.2 Å². The molecule has 2 heterocycles. The Balaban J connectivity index is 1.40. The molecule has 0 N–H and O–H groups in total. The molecule has 3 rings (SSSR count). The first-order valence-corrected chi connectivity index (χ1v) is 10.8. The van der Waals surface area contributed by atoms with Crippen LogP contribution in [0.15, 0.2) is 53.7 Å². The molecule has 2 aromatic rings. The van der Waals surface area contributed by atoms with E-state index in [9.17, 15) is 13.2 Å². The second kappa shape index (κ2) is 9.71. The van der Waals surface area contributed by atoms with Crippen LogP contribution < -0.4 is 9.47 Å². The van der Waals surface area contributed by atoms with E-state index in [-0.39, 0.29) is 43.1 Å². The van der Waals surface area contributed by atoms with E-state index in [0.717, 1.165) is 5.75 Å². The molecule has 9 heteroatoms. The highest BCUT2D eigenvalue weighted by Gasteiger charge is 2.32. The van der Waals surface area contributed by atoms with E-state index in [1.54, 1.807) is 37.4 Å². The number of aromatic nitrogens is 1. The fraction of sp³-hybridized carbons (Fsp3) is 0.400. The Labute approximate surface area is 170 Å². The Morgan fingerprint density at radius 1 is 1.10 bits per heavy atom. The standard InChI is InChI=1S/C20H24N2O6S/c1-26-17-4-6-18(7-5-17)27-13-14-28-20(23)16-8-11-22(12-9-16)29(24,25)19-3-2-10-21-15-19/h2-7,10,15-16H,8-9,11-14H2,1H3. The minimum absolute atomic E-state index is 0.138. The summed E-state index contributed by atoms with van der Waals surface area (Å²) in [6.45, 7) is 0.935. The Morgan fingerprint density at radius 3 is 2.41 bits per heavy atom. The molecule has 0 bridgehead atoms. The smallest absolute Gasteiger partial charge is 0.309 e. The lowest BCUT2D eigenvalue weighted by molar-refractivity contribution is -0.150. The van der Waals surface area contributed by atoms with E-state index in [0.29, 0.717) is 18.6 Å². The first kappa shape index (κ1) is 21.1. The van der Waals surface area contributed by atoms with Crippen molar-refractivity contribution in [3.05, 3.63) is 48.8 Å². The van der Waals surface area contributed by atoms with Crippen LogP contribution in [0.25, 0.3) is 0 Å². The number of carbonyl (C=O) groups is 1. The van der Waals surface area contributed by atoms with Crippen molar-refractivity contribution in [2.45, 2.75) is 17.7 Å². The lowest BCUT2D eigenvalue weighted by atomic mass is 9.98. The number of rotatable bonds is 8. The van der Waals surface area contributed by atoms with Gasteiger partial charge in [-0.15, -0.1) is 0 Å². The molecule has 0 atom stereocenters. The molecule has 0 aliphatic carbocycles. The first-order valence-electron chi connectivity index (χ1n) is 9.34. The summed E-state index contributed by atoms with van der Waals surface area (Å²) in [5.41, 5.74) is 0. The predicted molar refractivity (Wildman–Crippen MR) is 105 cm³/mol. The topological polar surface area (TPSA) is 95.0 Å². The maximum absolute atomic E-state index is 12.6. The van der Waals surface area contributed by atoms with E-state index in [4.69, 9.17) is 14.2 Å². The quantitative estimate of drug-likeness (QED) is 0.477. The molecule has 29 heavy (non-hydrogen) atoms. The molecule has 0 unspecified atom stereocenters. The lowest BCUT2D eigenvalue weighted by Crippen LogP contribution is -2.40. The van der Waals surface area contributed by atoms with Gasteiger partial charge in [-0.2, -0.15) is 4.31 Å². The monoisotopic (exact) mass is 420 g/mol. The number of pyridine rings is 1. The molecule has 0 saturated carbocycles. The third-order valence-corrected chi connectivity index (χ3v) is 6.60. The lowest BCUT2D eigenvalue weighted by Gasteiger charge is -2.30. The molecule has 1 aliphatic heterocycles. The van der Waals surface area contributed by atoms with Gasteiger partial charge in [0.1, 0.15) is 29.6 Å². The minimum Gasteiger partial charge on any atom is -0.497 e. The SMILES string of the molecule is COc1ccc(OCCOC(=O)C2CCN(S(=O)(=O)c3cccnc3)CC2)cc1. The predicted octanol–water partition coefficient (Wildman–Crippen LogP) is 2.11. The van der Waals surface area contributed by atoms with E-state index in [1.165, 1.54) is 22.8 Å². The van der Waals surface area contributed by atoms with E-state index >= 15 is 0 Å². The Morgan fingerprint density at radius 2 is 1.79 bits per heavy atom. The van der Waals surface area contributed by atoms with Crippen LogP contribution in [0.4, 0.5) is 0 Å². The Hall–Kier alpha value is -2.65. The number of sulfonamides is 1. The third kappa shape index (κ3) is 5.45. The van der Waals surface area contributed by atoms with E-state index in [2.05, 4.69) is 4.98 Å². The molecule has 1 saturated heterocycles. The molecule has 0 spiro atoms. The number of benzene rings is 1. The summed E-state index contributed by atoms with van der Waals surface area (Å²) in [5, 5.41) is 0. The number of carbonyl (C=O) groups excluding carboxylic acids is 1. The van der Waals surface area contributed by atoms with Gasteiger partial charge in [0.2, 0.25) is 10.0 Å². The number of nitrogens with zero attached hydrogens (tertiary/aromatic N) is 2. The van der Waals surface area contributed by atoms with Gasteiger partial charge >= 0.3 is 5.97 Å².